The Kier molecular flexibility index (Phi) is 5.61. The van der Waals surface area contributed by atoms with E-state index in [4.69, 9.17) is 19.4 Å². The molecule has 29 heavy (non-hydrogen) atoms. The summed E-state index contributed by atoms with van der Waals surface area (Å²) in [5.74, 6) is 1.63. The van der Waals surface area contributed by atoms with Crippen LogP contribution in [0, 0.1) is 0 Å². The fourth-order valence-electron chi connectivity index (χ4n) is 3.64. The summed E-state index contributed by atoms with van der Waals surface area (Å²) >= 11 is 1.59. The third kappa shape index (κ3) is 4.31. The summed E-state index contributed by atoms with van der Waals surface area (Å²) in [5.41, 5.74) is 2.51. The summed E-state index contributed by atoms with van der Waals surface area (Å²) in [6, 6.07) is 8.81. The van der Waals surface area contributed by atoms with E-state index in [9.17, 15) is 0 Å². The van der Waals surface area contributed by atoms with Crippen LogP contribution < -0.4 is 14.8 Å². The summed E-state index contributed by atoms with van der Waals surface area (Å²) in [7, 11) is 3.82. The third-order valence-electron chi connectivity index (χ3n) is 5.30. The average molecular weight is 413 g/mol. The van der Waals surface area contributed by atoms with Gasteiger partial charge >= 0.3 is 0 Å². The number of nitrogens with zero attached hydrogens (tertiary/aromatic N) is 3. The van der Waals surface area contributed by atoms with Crippen molar-refractivity contribution in [1.29, 1.82) is 0 Å². The van der Waals surface area contributed by atoms with Crippen LogP contribution in [0.25, 0.3) is 22.3 Å². The summed E-state index contributed by atoms with van der Waals surface area (Å²) in [5, 5.41) is 7.28. The van der Waals surface area contributed by atoms with Crippen LogP contribution >= 0.6 is 11.3 Å². The van der Waals surface area contributed by atoms with Crippen molar-refractivity contribution in [2.75, 3.05) is 26.0 Å². The molecule has 0 radical (unpaired) electrons. The van der Waals surface area contributed by atoms with E-state index >= 15 is 0 Å². The SMILES string of the molecule is COc1ccc2c(OC3CC(C)N(C)C3)cc(-c3csc(NC(C)C)n3)nc2c1. The van der Waals surface area contributed by atoms with Gasteiger partial charge in [-0.25, -0.2) is 9.97 Å². The van der Waals surface area contributed by atoms with Crippen molar-refractivity contribution in [2.24, 2.45) is 0 Å². The average Bonchev–Trinajstić information content (AvgIpc) is 3.27. The number of likely N-dealkylation sites (tertiary alicyclic amines) is 1. The van der Waals surface area contributed by atoms with Crippen LogP contribution in [0.4, 0.5) is 5.13 Å². The van der Waals surface area contributed by atoms with E-state index < -0.39 is 0 Å². The lowest BCUT2D eigenvalue weighted by molar-refractivity contribution is 0.210. The van der Waals surface area contributed by atoms with Gasteiger partial charge in [-0.05, 0) is 40.0 Å². The van der Waals surface area contributed by atoms with Crippen LogP contribution in [0.1, 0.15) is 27.2 Å². The number of aromatic nitrogens is 2. The number of hydrogen-bond donors (Lipinski definition) is 1. The van der Waals surface area contributed by atoms with Crippen molar-refractivity contribution in [3.8, 4) is 22.9 Å². The Balaban J connectivity index is 1.73. The van der Waals surface area contributed by atoms with Gasteiger partial charge in [-0.3, -0.25) is 4.90 Å². The first-order valence-corrected chi connectivity index (χ1v) is 10.9. The lowest BCUT2D eigenvalue weighted by Crippen LogP contribution is -2.23. The number of pyridine rings is 1. The summed E-state index contributed by atoms with van der Waals surface area (Å²) < 4.78 is 11.9. The molecule has 1 fully saturated rings. The molecule has 7 heteroatoms. The Labute approximate surface area is 175 Å². The van der Waals surface area contributed by atoms with Gasteiger partial charge in [0.1, 0.15) is 23.3 Å². The molecule has 4 rings (SSSR count). The number of nitrogens with one attached hydrogen (secondary N) is 1. The van der Waals surface area contributed by atoms with Crippen molar-refractivity contribution in [1.82, 2.24) is 14.9 Å². The summed E-state index contributed by atoms with van der Waals surface area (Å²) in [4.78, 5) is 11.9. The van der Waals surface area contributed by atoms with Gasteiger partial charge < -0.3 is 14.8 Å². The number of fused-ring (bicyclic) bond motifs is 1. The number of hydrogen-bond acceptors (Lipinski definition) is 7. The van der Waals surface area contributed by atoms with E-state index in [-0.39, 0.29) is 6.10 Å². The van der Waals surface area contributed by atoms with Gasteiger partial charge in [-0.1, -0.05) is 0 Å². The fourth-order valence-corrected chi connectivity index (χ4v) is 4.49. The smallest absolute Gasteiger partial charge is 0.183 e. The highest BCUT2D eigenvalue weighted by Crippen LogP contribution is 2.35. The predicted octanol–water partition coefficient (Wildman–Crippen LogP) is 4.66. The molecule has 0 aliphatic carbocycles. The van der Waals surface area contributed by atoms with Gasteiger partial charge in [-0.2, -0.15) is 0 Å². The zero-order valence-corrected chi connectivity index (χ0v) is 18.4. The predicted molar refractivity (Wildman–Crippen MR) is 119 cm³/mol. The minimum absolute atomic E-state index is 0.171. The molecule has 0 spiro atoms. The normalized spacial score (nSPS) is 19.8. The molecule has 0 saturated carbocycles. The molecule has 1 N–H and O–H groups in total. The zero-order chi connectivity index (χ0) is 20.5. The van der Waals surface area contributed by atoms with E-state index in [1.54, 1.807) is 18.4 Å². The van der Waals surface area contributed by atoms with Crippen molar-refractivity contribution < 1.29 is 9.47 Å². The first kappa shape index (κ1) is 19.9. The molecule has 154 valence electrons. The second kappa shape index (κ2) is 8.16. The van der Waals surface area contributed by atoms with E-state index in [1.807, 2.05) is 29.6 Å². The van der Waals surface area contributed by atoms with Gasteiger partial charge in [0.05, 0.1) is 18.3 Å². The van der Waals surface area contributed by atoms with E-state index in [1.165, 1.54) is 0 Å². The van der Waals surface area contributed by atoms with Crippen LogP contribution in [-0.4, -0.2) is 53.8 Å². The topological polar surface area (TPSA) is 59.5 Å². The van der Waals surface area contributed by atoms with Gasteiger partial charge in [0, 0.05) is 47.9 Å². The molecule has 1 saturated heterocycles. The van der Waals surface area contributed by atoms with Crippen molar-refractivity contribution in [3.05, 3.63) is 29.6 Å². The maximum Gasteiger partial charge on any atom is 0.183 e. The molecule has 0 amide bonds. The zero-order valence-electron chi connectivity index (χ0n) is 17.6. The molecule has 3 aromatic rings. The second-order valence-corrected chi connectivity index (χ2v) is 8.85. The van der Waals surface area contributed by atoms with E-state index in [2.05, 4.69) is 38.0 Å². The quantitative estimate of drug-likeness (QED) is 0.635. The minimum atomic E-state index is 0.171. The maximum absolute atomic E-state index is 6.47. The number of thiazole rings is 1. The van der Waals surface area contributed by atoms with Crippen LogP contribution in [0.15, 0.2) is 29.6 Å². The third-order valence-corrected chi connectivity index (χ3v) is 6.07. The Morgan fingerprint density at radius 1 is 1.21 bits per heavy atom. The Hall–Kier alpha value is -2.38. The van der Waals surface area contributed by atoms with Crippen molar-refractivity contribution in [3.63, 3.8) is 0 Å². The van der Waals surface area contributed by atoms with Crippen LogP contribution in [-0.2, 0) is 0 Å². The molecule has 1 aliphatic heterocycles. The summed E-state index contributed by atoms with van der Waals surface area (Å²) in [6.45, 7) is 7.37. The molecule has 6 nitrogen and oxygen atoms in total. The molecule has 0 bridgehead atoms. The number of methoxy groups -OCH3 is 1. The number of ether oxygens (including phenoxy) is 2. The van der Waals surface area contributed by atoms with Crippen molar-refractivity contribution >= 4 is 27.4 Å². The Morgan fingerprint density at radius 3 is 2.72 bits per heavy atom. The van der Waals surface area contributed by atoms with E-state index in [0.717, 1.165) is 51.9 Å². The maximum atomic E-state index is 6.47. The number of benzene rings is 1. The van der Waals surface area contributed by atoms with Crippen LogP contribution in [0.5, 0.6) is 11.5 Å². The number of anilines is 1. The van der Waals surface area contributed by atoms with Crippen LogP contribution in [0.3, 0.4) is 0 Å². The molecule has 2 aromatic heterocycles. The number of rotatable bonds is 6. The molecule has 1 aromatic carbocycles. The van der Waals surface area contributed by atoms with Gasteiger partial charge in [-0.15, -0.1) is 11.3 Å². The molecular formula is C22H28N4O2S. The Bertz CT molecular complexity index is 994. The fraction of sp³-hybridized carbons (Fsp3) is 0.455. The highest BCUT2D eigenvalue weighted by atomic mass is 32.1. The first-order valence-electron chi connectivity index (χ1n) is 10.0. The largest absolute Gasteiger partial charge is 0.497 e. The molecule has 1 aliphatic rings. The van der Waals surface area contributed by atoms with E-state index in [0.29, 0.717) is 12.1 Å². The minimum Gasteiger partial charge on any atom is -0.497 e. The Morgan fingerprint density at radius 2 is 2.03 bits per heavy atom. The van der Waals surface area contributed by atoms with Crippen LogP contribution in [0.2, 0.25) is 0 Å². The number of likely N-dealkylation sites (N-methyl/N-ethyl adjacent to an activating group) is 1. The second-order valence-electron chi connectivity index (χ2n) is 7.99. The highest BCUT2D eigenvalue weighted by Gasteiger charge is 2.28. The molecule has 2 atom stereocenters. The standard InChI is InChI=1S/C22H28N4O2S/c1-13(2)23-22-25-20(12-29-22)19-10-21(28-16-8-14(3)26(4)11-16)17-7-6-15(27-5)9-18(17)24-19/h6-7,9-10,12-14,16H,8,11H2,1-5H3,(H,23,25). The lowest BCUT2D eigenvalue weighted by atomic mass is 10.1. The van der Waals surface area contributed by atoms with Gasteiger partial charge in [0.25, 0.3) is 0 Å². The van der Waals surface area contributed by atoms with Gasteiger partial charge in [0.15, 0.2) is 5.13 Å². The molecule has 2 unspecified atom stereocenters. The molecule has 3 heterocycles. The first-order chi connectivity index (χ1) is 13.9. The highest BCUT2D eigenvalue weighted by molar-refractivity contribution is 7.14. The van der Waals surface area contributed by atoms with Gasteiger partial charge in [0.2, 0.25) is 0 Å². The van der Waals surface area contributed by atoms with Crippen molar-refractivity contribution in [2.45, 2.75) is 45.4 Å². The summed E-state index contributed by atoms with van der Waals surface area (Å²) in [6.07, 6.45) is 1.19. The molecular weight excluding hydrogens is 384 g/mol. The monoisotopic (exact) mass is 412 g/mol. The lowest BCUT2D eigenvalue weighted by Gasteiger charge is -2.16.